The quantitative estimate of drug-likeness (QED) is 0.111. The van der Waals surface area contributed by atoms with Gasteiger partial charge in [-0.1, -0.05) is 36.7 Å². The summed E-state index contributed by atoms with van der Waals surface area (Å²) in [6, 6.07) is 13.0. The molecule has 5 aromatic rings. The van der Waals surface area contributed by atoms with E-state index in [1.54, 1.807) is 42.6 Å². The molecule has 4 aliphatic rings. The minimum Gasteiger partial charge on any atom is -0.490 e. The molecule has 9 rings (SSSR count). The fourth-order valence-electron chi connectivity index (χ4n) is 9.42. The molecule has 15 nitrogen and oxygen atoms in total. The minimum atomic E-state index is -1.53. The van der Waals surface area contributed by atoms with Gasteiger partial charge < -0.3 is 43.2 Å². The number of hydrogen-bond donors (Lipinski definition) is 1. The van der Waals surface area contributed by atoms with Gasteiger partial charge in [-0.3, -0.25) is 4.90 Å². The number of likely N-dealkylation sites (N-methyl/N-ethyl adjacent to an activating group) is 1. The van der Waals surface area contributed by atoms with Gasteiger partial charge in [-0.05, 0) is 97.8 Å². The van der Waals surface area contributed by atoms with Gasteiger partial charge in [0, 0.05) is 67.8 Å². The molecule has 0 amide bonds. The number of thiophene rings is 1. The predicted octanol–water partition coefficient (Wildman–Crippen LogP) is 8.94. The third-order valence-electron chi connectivity index (χ3n) is 13.6. The number of aromatic nitrogens is 4. The van der Waals surface area contributed by atoms with Gasteiger partial charge in [0.05, 0.1) is 49.1 Å². The van der Waals surface area contributed by atoms with E-state index in [-0.39, 0.29) is 68.5 Å². The van der Waals surface area contributed by atoms with E-state index < -0.39 is 29.7 Å². The first-order valence-electron chi connectivity index (χ1n) is 24.8. The maximum Gasteiger partial charge on any atom is 0.345 e. The van der Waals surface area contributed by atoms with Crippen LogP contribution in [0.2, 0.25) is 0 Å². The summed E-state index contributed by atoms with van der Waals surface area (Å²) in [5, 5.41) is 11.6. The Balaban J connectivity index is 1.05. The molecule has 2 aromatic carbocycles. The summed E-state index contributed by atoms with van der Waals surface area (Å²) >= 11 is 8.63. The number of rotatable bonds is 13. The van der Waals surface area contributed by atoms with Crippen molar-refractivity contribution in [2.24, 2.45) is 0 Å². The fourth-order valence-corrected chi connectivity index (χ4v) is 10.8. The van der Waals surface area contributed by atoms with E-state index in [2.05, 4.69) is 37.7 Å². The lowest BCUT2D eigenvalue weighted by Crippen LogP contribution is -2.48. The monoisotopic (exact) mass is 1050 g/mol. The van der Waals surface area contributed by atoms with E-state index in [0.29, 0.717) is 99.6 Å². The zero-order valence-electron chi connectivity index (χ0n) is 41.6. The van der Waals surface area contributed by atoms with Gasteiger partial charge in [-0.25, -0.2) is 33.5 Å². The lowest BCUT2D eigenvalue weighted by molar-refractivity contribution is -0.145. The summed E-state index contributed by atoms with van der Waals surface area (Å²) in [6.07, 6.45) is 9.79. The third-order valence-corrected chi connectivity index (χ3v) is 15.2. The highest BCUT2D eigenvalue weighted by Gasteiger charge is 2.34. The maximum absolute atomic E-state index is 15.8. The van der Waals surface area contributed by atoms with E-state index >= 15 is 4.39 Å². The van der Waals surface area contributed by atoms with Crippen LogP contribution in [0.15, 0.2) is 83.5 Å². The Morgan fingerprint density at radius 2 is 1.88 bits per heavy atom. The number of alkyl halides is 1. The average Bonchev–Trinajstić information content (AvgIpc) is 3.80. The number of carbonyl (C=O) groups is 1. The van der Waals surface area contributed by atoms with Gasteiger partial charge >= 0.3 is 5.97 Å². The van der Waals surface area contributed by atoms with Crippen molar-refractivity contribution in [3.63, 3.8) is 0 Å². The van der Waals surface area contributed by atoms with Crippen molar-refractivity contribution < 1.29 is 51.8 Å². The second kappa shape index (κ2) is 24.1. The number of allylic oxidation sites excluding steroid dienone is 6. The summed E-state index contributed by atoms with van der Waals surface area (Å²) in [6.45, 7) is 9.41. The molecule has 0 spiro atoms. The number of hydrogen-bond acceptors (Lipinski definition) is 15. The molecule has 4 atom stereocenters. The molecule has 2 bridgehead atoms. The molecule has 2 fully saturated rings. The highest BCUT2D eigenvalue weighted by Crippen LogP contribution is 2.48. The van der Waals surface area contributed by atoms with Crippen LogP contribution in [0, 0.1) is 18.2 Å². The number of aliphatic carboxylic acids is 1. The fraction of sp³-hybridized carbons (Fsp3) is 0.436. The first-order valence-corrected chi connectivity index (χ1v) is 26.0. The molecule has 6 heterocycles. The van der Waals surface area contributed by atoms with E-state index in [4.69, 9.17) is 56.2 Å². The number of piperazine rings is 1. The normalized spacial score (nSPS) is 24.4. The molecule has 19 heteroatoms. The highest BCUT2D eigenvalue weighted by atomic mass is 35.5. The number of carboxylic acid groups (broad SMARTS) is 1. The summed E-state index contributed by atoms with van der Waals surface area (Å²) in [7, 11) is 2.09. The first kappa shape index (κ1) is 52.8. The van der Waals surface area contributed by atoms with Crippen molar-refractivity contribution in [2.45, 2.75) is 76.5 Å². The number of ether oxygens (including phenoxy) is 7. The Kier molecular flexibility index (Phi) is 17.2. The van der Waals surface area contributed by atoms with Crippen LogP contribution in [0.4, 0.5) is 8.78 Å². The summed E-state index contributed by atoms with van der Waals surface area (Å²) in [5.74, 6) is 2.44. The Labute approximate surface area is 438 Å². The molecule has 0 radical (unpaired) electrons. The van der Waals surface area contributed by atoms with Gasteiger partial charge in [0.15, 0.2) is 11.6 Å². The molecule has 74 heavy (non-hydrogen) atoms. The molecule has 1 aliphatic carbocycles. The first-order chi connectivity index (χ1) is 35.9. The largest absolute Gasteiger partial charge is 0.490 e. The van der Waals surface area contributed by atoms with Crippen molar-refractivity contribution in [1.29, 1.82) is 0 Å². The zero-order chi connectivity index (χ0) is 51.8. The van der Waals surface area contributed by atoms with Crippen molar-refractivity contribution in [3.05, 3.63) is 112 Å². The summed E-state index contributed by atoms with van der Waals surface area (Å²) < 4.78 is 73.1. The molecular formula is C55H59ClF2N6O9S. The molecule has 0 saturated carbocycles. The van der Waals surface area contributed by atoms with Gasteiger partial charge in [-0.15, -0.1) is 17.8 Å². The van der Waals surface area contributed by atoms with Crippen molar-refractivity contribution in [1.82, 2.24) is 29.7 Å². The van der Waals surface area contributed by atoms with Crippen molar-refractivity contribution in [3.8, 4) is 40.2 Å². The molecule has 3 aromatic heterocycles. The van der Waals surface area contributed by atoms with Gasteiger partial charge in [0.1, 0.15) is 59.6 Å². The number of carboxylic acids is 1. The SMILES string of the molecule is C#C/C1=C(Cl)\C(C)=C(/CC)c2c(-c3ccc(F)cc3)sc3ncnc(c23)OC(C(=O)O)Cc2cc(ccc2OCc2ccnc(C3=CC[C@](F)(COC[C@@H]4COCCO4)CC3)n2)OCC(CN2CCN(C)CC2)O1. The number of terminal acetylenes is 1. The van der Waals surface area contributed by atoms with Crippen molar-refractivity contribution >= 4 is 50.3 Å². The zero-order valence-corrected chi connectivity index (χ0v) is 43.2. The van der Waals surface area contributed by atoms with Crippen LogP contribution in [-0.4, -0.2) is 144 Å². The Hall–Kier alpha value is -6.04. The molecule has 390 valence electrons. The van der Waals surface area contributed by atoms with Crippen LogP contribution < -0.4 is 14.2 Å². The van der Waals surface area contributed by atoms with E-state index in [1.807, 2.05) is 19.9 Å². The molecule has 3 aliphatic heterocycles. The van der Waals surface area contributed by atoms with Crippen LogP contribution in [0.3, 0.4) is 0 Å². The van der Waals surface area contributed by atoms with Gasteiger partial charge in [-0.2, -0.15) is 0 Å². The number of fused-ring (bicyclic) bond motifs is 2. The predicted molar refractivity (Wildman–Crippen MR) is 277 cm³/mol. The van der Waals surface area contributed by atoms with Crippen LogP contribution in [0.25, 0.3) is 31.8 Å². The third kappa shape index (κ3) is 12.7. The standard InChI is InChI=1S/C55H59ClF2N6O9S/c1-5-43-34(3)49(56)44(6-2)72-41(27-64-21-19-63(4)20-22-64)31-70-40-11-12-45(71-28-39-15-18-59-51(62-39)36-13-16-55(58,17-14-36)32-68-30-42-29-67-23-24-69-42)37(25-40)26-46(54(65)66)73-52-48-47(43)50(74-53(48)61-33-60-52)35-7-9-38(57)10-8-35/h2,7-13,15,18,25,33,41-42,46H,5,14,16-17,19-24,26-32H2,1,3-4H3,(H,65,66)/b43-34+,49-44-/t41?,42-,46?,55+/m0/s1. The van der Waals surface area contributed by atoms with E-state index in [1.165, 1.54) is 29.8 Å². The van der Waals surface area contributed by atoms with Gasteiger partial charge in [0.25, 0.3) is 0 Å². The lowest BCUT2D eigenvalue weighted by Gasteiger charge is -2.34. The molecular weight excluding hydrogens is 994 g/mol. The summed E-state index contributed by atoms with van der Waals surface area (Å²) in [4.78, 5) is 37.6. The molecule has 2 saturated heterocycles. The molecule has 1 N–H and O–H groups in total. The van der Waals surface area contributed by atoms with Crippen LogP contribution in [0.1, 0.15) is 62.2 Å². The van der Waals surface area contributed by atoms with Crippen LogP contribution >= 0.6 is 22.9 Å². The Morgan fingerprint density at radius 1 is 1.05 bits per heavy atom. The molecule has 2 unspecified atom stereocenters. The summed E-state index contributed by atoms with van der Waals surface area (Å²) in [5.41, 5.74) is 2.99. The second-order valence-electron chi connectivity index (χ2n) is 18.8. The maximum atomic E-state index is 15.8. The van der Waals surface area contributed by atoms with Gasteiger partial charge in [0.2, 0.25) is 12.0 Å². The van der Waals surface area contributed by atoms with Crippen molar-refractivity contribution in [2.75, 3.05) is 79.4 Å². The number of halogens is 3. The van der Waals surface area contributed by atoms with E-state index in [0.717, 1.165) is 37.3 Å². The Bertz CT molecular complexity index is 2950. The second-order valence-corrected chi connectivity index (χ2v) is 20.2. The topological polar surface area (TPSA) is 160 Å². The van der Waals surface area contributed by atoms with E-state index in [9.17, 15) is 14.3 Å². The number of nitrogens with zero attached hydrogens (tertiary/aromatic N) is 6. The highest BCUT2D eigenvalue weighted by molar-refractivity contribution is 7.22. The number of benzene rings is 2. The average molecular weight is 1050 g/mol. The lowest BCUT2D eigenvalue weighted by atomic mass is 9.87. The van der Waals surface area contributed by atoms with Crippen LogP contribution in [0.5, 0.6) is 17.4 Å². The minimum absolute atomic E-state index is 0.00617. The Morgan fingerprint density at radius 3 is 2.61 bits per heavy atom. The smallest absolute Gasteiger partial charge is 0.345 e. The van der Waals surface area contributed by atoms with Crippen LogP contribution in [-0.2, 0) is 36.8 Å².